The van der Waals surface area contributed by atoms with Crippen LogP contribution in [0.3, 0.4) is 0 Å². The van der Waals surface area contributed by atoms with Crippen molar-refractivity contribution >= 4 is 10.0 Å². The number of nitrogens with two attached hydrogens (primary N) is 1. The van der Waals surface area contributed by atoms with Crippen LogP contribution in [-0.4, -0.2) is 31.9 Å². The maximum absolute atomic E-state index is 13.2. The summed E-state index contributed by atoms with van der Waals surface area (Å²) < 4.78 is 40.2. The van der Waals surface area contributed by atoms with Gasteiger partial charge in [0.05, 0.1) is 4.90 Å². The molecule has 0 radical (unpaired) electrons. The molecule has 2 unspecified atom stereocenters. The standard InChI is InChI=1S/C14H21FN2O2S/c1-10-4-3-7-17(13(10)9-16)20(18,19)14-6-5-12(15)8-11(14)2/h5-6,8,10,13H,3-4,7,9,16H2,1-2H3. The minimum Gasteiger partial charge on any atom is -0.329 e. The zero-order valence-electron chi connectivity index (χ0n) is 11.8. The first-order valence-electron chi connectivity index (χ1n) is 6.86. The second-order valence-electron chi connectivity index (χ2n) is 5.45. The van der Waals surface area contributed by atoms with Gasteiger partial charge < -0.3 is 5.73 Å². The molecular weight excluding hydrogens is 279 g/mol. The van der Waals surface area contributed by atoms with E-state index in [1.807, 2.05) is 6.92 Å². The SMILES string of the molecule is Cc1cc(F)ccc1S(=O)(=O)N1CCCC(C)C1CN. The molecule has 0 aliphatic carbocycles. The maximum atomic E-state index is 13.2. The molecule has 1 aliphatic rings. The summed E-state index contributed by atoms with van der Waals surface area (Å²) in [5, 5.41) is 0. The minimum atomic E-state index is -3.62. The Bertz CT molecular complexity index is 589. The third-order valence-electron chi connectivity index (χ3n) is 4.03. The summed E-state index contributed by atoms with van der Waals surface area (Å²) in [6, 6.07) is 3.59. The van der Waals surface area contributed by atoms with Crippen molar-refractivity contribution < 1.29 is 12.8 Å². The quantitative estimate of drug-likeness (QED) is 0.927. The molecule has 0 spiro atoms. The topological polar surface area (TPSA) is 63.4 Å². The zero-order valence-corrected chi connectivity index (χ0v) is 12.7. The molecule has 1 fully saturated rings. The molecular formula is C14H21FN2O2S. The third kappa shape index (κ3) is 2.73. The van der Waals surface area contributed by atoms with Crippen LogP contribution in [0.5, 0.6) is 0 Å². The van der Waals surface area contributed by atoms with E-state index < -0.39 is 15.8 Å². The summed E-state index contributed by atoms with van der Waals surface area (Å²) in [6.45, 7) is 4.42. The molecule has 0 saturated carbocycles. The van der Waals surface area contributed by atoms with Gasteiger partial charge in [0.2, 0.25) is 10.0 Å². The van der Waals surface area contributed by atoms with Gasteiger partial charge in [-0.05, 0) is 49.4 Å². The lowest BCUT2D eigenvalue weighted by molar-refractivity contribution is 0.192. The van der Waals surface area contributed by atoms with Gasteiger partial charge in [0, 0.05) is 19.1 Å². The van der Waals surface area contributed by atoms with Crippen molar-refractivity contribution in [3.63, 3.8) is 0 Å². The molecule has 0 aromatic heterocycles. The largest absolute Gasteiger partial charge is 0.329 e. The van der Waals surface area contributed by atoms with E-state index in [1.54, 1.807) is 6.92 Å². The Hall–Kier alpha value is -0.980. The van der Waals surface area contributed by atoms with Crippen molar-refractivity contribution in [2.45, 2.75) is 37.6 Å². The van der Waals surface area contributed by atoms with Gasteiger partial charge in [-0.1, -0.05) is 6.92 Å². The van der Waals surface area contributed by atoms with Gasteiger partial charge in [0.1, 0.15) is 5.82 Å². The van der Waals surface area contributed by atoms with Crippen LogP contribution in [0.2, 0.25) is 0 Å². The van der Waals surface area contributed by atoms with Gasteiger partial charge >= 0.3 is 0 Å². The van der Waals surface area contributed by atoms with Crippen LogP contribution in [0.4, 0.5) is 4.39 Å². The van der Waals surface area contributed by atoms with Crippen molar-refractivity contribution in [3.8, 4) is 0 Å². The number of aryl methyl sites for hydroxylation is 1. The summed E-state index contributed by atoms with van der Waals surface area (Å²) in [7, 11) is -3.62. The highest BCUT2D eigenvalue weighted by atomic mass is 32.2. The smallest absolute Gasteiger partial charge is 0.243 e. The Balaban J connectivity index is 2.43. The Morgan fingerprint density at radius 3 is 2.75 bits per heavy atom. The highest BCUT2D eigenvalue weighted by Crippen LogP contribution is 2.30. The van der Waals surface area contributed by atoms with Crippen LogP contribution in [0.15, 0.2) is 23.1 Å². The van der Waals surface area contributed by atoms with Crippen LogP contribution in [0.1, 0.15) is 25.3 Å². The molecule has 1 aromatic rings. The highest BCUT2D eigenvalue weighted by Gasteiger charge is 2.36. The third-order valence-corrected chi connectivity index (χ3v) is 6.11. The van der Waals surface area contributed by atoms with E-state index in [2.05, 4.69) is 0 Å². The number of benzene rings is 1. The van der Waals surface area contributed by atoms with E-state index in [0.717, 1.165) is 12.8 Å². The van der Waals surface area contributed by atoms with Crippen LogP contribution in [0, 0.1) is 18.7 Å². The average molecular weight is 300 g/mol. The number of rotatable bonds is 3. The van der Waals surface area contributed by atoms with Gasteiger partial charge in [-0.2, -0.15) is 4.31 Å². The molecule has 2 N–H and O–H groups in total. The molecule has 2 rings (SSSR count). The number of piperidine rings is 1. The molecule has 1 aliphatic heterocycles. The number of hydrogen-bond donors (Lipinski definition) is 1. The Kier molecular flexibility index (Phi) is 4.46. The lowest BCUT2D eigenvalue weighted by Gasteiger charge is -2.38. The molecule has 0 bridgehead atoms. The van der Waals surface area contributed by atoms with E-state index in [9.17, 15) is 12.8 Å². The Morgan fingerprint density at radius 1 is 1.45 bits per heavy atom. The summed E-state index contributed by atoms with van der Waals surface area (Å²) in [5.74, 6) is -0.187. The van der Waals surface area contributed by atoms with Gasteiger partial charge in [0.25, 0.3) is 0 Å². The first-order chi connectivity index (χ1) is 9.37. The average Bonchev–Trinajstić information content (AvgIpc) is 2.37. The number of halogens is 1. The fourth-order valence-corrected chi connectivity index (χ4v) is 4.87. The van der Waals surface area contributed by atoms with Crippen LogP contribution >= 0.6 is 0 Å². The fraction of sp³-hybridized carbons (Fsp3) is 0.571. The molecule has 1 saturated heterocycles. The first kappa shape index (κ1) is 15.4. The molecule has 20 heavy (non-hydrogen) atoms. The van der Waals surface area contributed by atoms with Gasteiger partial charge in [-0.25, -0.2) is 12.8 Å². The lowest BCUT2D eigenvalue weighted by Crippen LogP contribution is -2.51. The molecule has 4 nitrogen and oxygen atoms in total. The van der Waals surface area contributed by atoms with Crippen molar-refractivity contribution in [1.29, 1.82) is 0 Å². The molecule has 1 aromatic carbocycles. The number of hydrogen-bond acceptors (Lipinski definition) is 3. The summed E-state index contributed by atoms with van der Waals surface area (Å²) in [4.78, 5) is 0.173. The monoisotopic (exact) mass is 300 g/mol. The van der Waals surface area contributed by atoms with E-state index in [4.69, 9.17) is 5.73 Å². The second kappa shape index (κ2) is 5.79. The highest BCUT2D eigenvalue weighted by molar-refractivity contribution is 7.89. The van der Waals surface area contributed by atoms with E-state index >= 15 is 0 Å². The Morgan fingerprint density at radius 2 is 2.15 bits per heavy atom. The summed E-state index contributed by atoms with van der Waals surface area (Å²) in [6.07, 6.45) is 1.81. The summed E-state index contributed by atoms with van der Waals surface area (Å²) in [5.41, 5.74) is 6.18. The predicted octanol–water partition coefficient (Wildman–Crippen LogP) is 1.88. The molecule has 2 atom stereocenters. The number of nitrogens with zero attached hydrogens (tertiary/aromatic N) is 1. The van der Waals surface area contributed by atoms with Crippen LogP contribution in [-0.2, 0) is 10.0 Å². The molecule has 6 heteroatoms. The van der Waals surface area contributed by atoms with Crippen molar-refractivity contribution in [2.75, 3.05) is 13.1 Å². The maximum Gasteiger partial charge on any atom is 0.243 e. The van der Waals surface area contributed by atoms with Crippen molar-refractivity contribution in [2.24, 2.45) is 11.7 Å². The molecule has 1 heterocycles. The predicted molar refractivity (Wildman–Crippen MR) is 76.3 cm³/mol. The second-order valence-corrected chi connectivity index (χ2v) is 7.31. The molecule has 112 valence electrons. The van der Waals surface area contributed by atoms with Gasteiger partial charge in [-0.15, -0.1) is 0 Å². The first-order valence-corrected chi connectivity index (χ1v) is 8.30. The normalized spacial score (nSPS) is 24.8. The summed E-state index contributed by atoms with van der Waals surface area (Å²) >= 11 is 0. The fourth-order valence-electron chi connectivity index (χ4n) is 2.89. The minimum absolute atomic E-state index is 0.173. The van der Waals surface area contributed by atoms with Gasteiger partial charge in [-0.3, -0.25) is 0 Å². The lowest BCUT2D eigenvalue weighted by atomic mass is 9.93. The van der Waals surface area contributed by atoms with E-state index in [0.29, 0.717) is 18.7 Å². The van der Waals surface area contributed by atoms with Gasteiger partial charge in [0.15, 0.2) is 0 Å². The van der Waals surface area contributed by atoms with Crippen molar-refractivity contribution in [1.82, 2.24) is 4.31 Å². The van der Waals surface area contributed by atoms with E-state index in [-0.39, 0.29) is 16.9 Å². The zero-order chi connectivity index (χ0) is 14.9. The number of sulfonamides is 1. The molecule has 0 amide bonds. The van der Waals surface area contributed by atoms with E-state index in [1.165, 1.54) is 22.5 Å². The Labute approximate surface area is 119 Å². The van der Waals surface area contributed by atoms with Crippen LogP contribution in [0.25, 0.3) is 0 Å². The van der Waals surface area contributed by atoms with Crippen LogP contribution < -0.4 is 5.73 Å². The van der Waals surface area contributed by atoms with Crippen molar-refractivity contribution in [3.05, 3.63) is 29.6 Å².